The smallest absolute Gasteiger partial charge is 0.164 e. The number of carbonyl (C=O) groups is 1. The first-order chi connectivity index (χ1) is 9.89. The summed E-state index contributed by atoms with van der Waals surface area (Å²) in [6, 6.07) is 6.97. The van der Waals surface area contributed by atoms with Crippen LogP contribution in [0.4, 0.5) is 0 Å². The molecule has 0 aliphatic carbocycles. The largest absolute Gasteiger partial charge is 0.394 e. The molecule has 0 aromatic heterocycles. The van der Waals surface area contributed by atoms with Crippen LogP contribution in [0.2, 0.25) is 5.02 Å². The van der Waals surface area contributed by atoms with Crippen molar-refractivity contribution >= 4 is 17.4 Å². The number of morpholine rings is 1. The lowest BCUT2D eigenvalue weighted by atomic mass is 10.0. The lowest BCUT2D eigenvalue weighted by molar-refractivity contribution is -0.148. The van der Waals surface area contributed by atoms with Gasteiger partial charge < -0.3 is 9.84 Å². The van der Waals surface area contributed by atoms with Crippen molar-refractivity contribution < 1.29 is 14.6 Å². The van der Waals surface area contributed by atoms with Gasteiger partial charge in [0.15, 0.2) is 5.78 Å². The summed E-state index contributed by atoms with van der Waals surface area (Å²) >= 11 is 5.82. The molecule has 0 amide bonds. The van der Waals surface area contributed by atoms with Gasteiger partial charge in [-0.05, 0) is 38.1 Å². The summed E-state index contributed by atoms with van der Waals surface area (Å²) in [5, 5.41) is 9.92. The third-order valence-electron chi connectivity index (χ3n) is 3.58. The Morgan fingerprint density at radius 3 is 2.71 bits per heavy atom. The van der Waals surface area contributed by atoms with Crippen LogP contribution < -0.4 is 0 Å². The fraction of sp³-hybridized carbons (Fsp3) is 0.562. The zero-order valence-electron chi connectivity index (χ0n) is 12.5. The Labute approximate surface area is 130 Å². The lowest BCUT2D eigenvalue weighted by Gasteiger charge is -2.42. The second kappa shape index (κ2) is 6.88. The van der Waals surface area contributed by atoms with E-state index in [0.29, 0.717) is 30.1 Å². The monoisotopic (exact) mass is 311 g/mol. The number of hydrogen-bond acceptors (Lipinski definition) is 4. The Morgan fingerprint density at radius 2 is 2.10 bits per heavy atom. The number of ether oxygens (including phenoxy) is 1. The Balaban J connectivity index is 1.90. The van der Waals surface area contributed by atoms with Crippen LogP contribution in [-0.4, -0.2) is 53.7 Å². The zero-order valence-corrected chi connectivity index (χ0v) is 13.3. The van der Waals surface area contributed by atoms with Crippen molar-refractivity contribution in [2.24, 2.45) is 0 Å². The molecule has 1 N–H and O–H groups in total. The first-order valence-corrected chi connectivity index (χ1v) is 7.57. The number of nitrogens with zero attached hydrogens (tertiary/aromatic N) is 1. The molecule has 1 saturated heterocycles. The van der Waals surface area contributed by atoms with Gasteiger partial charge >= 0.3 is 0 Å². The predicted molar refractivity (Wildman–Crippen MR) is 82.9 cm³/mol. The van der Waals surface area contributed by atoms with E-state index in [1.165, 1.54) is 0 Å². The van der Waals surface area contributed by atoms with Crippen LogP contribution in [0.1, 0.15) is 30.6 Å². The van der Waals surface area contributed by atoms with Crippen molar-refractivity contribution in [1.29, 1.82) is 0 Å². The highest BCUT2D eigenvalue weighted by molar-refractivity contribution is 6.30. The summed E-state index contributed by atoms with van der Waals surface area (Å²) in [5.41, 5.74) is 0.389. The van der Waals surface area contributed by atoms with Crippen LogP contribution in [0.25, 0.3) is 0 Å². The first kappa shape index (κ1) is 16.4. The van der Waals surface area contributed by atoms with Crippen molar-refractivity contribution in [3.8, 4) is 0 Å². The van der Waals surface area contributed by atoms with Crippen LogP contribution in [0.15, 0.2) is 24.3 Å². The van der Waals surface area contributed by atoms with Crippen LogP contribution in [0.5, 0.6) is 0 Å². The van der Waals surface area contributed by atoms with Crippen LogP contribution in [-0.2, 0) is 4.74 Å². The maximum Gasteiger partial charge on any atom is 0.164 e. The van der Waals surface area contributed by atoms with E-state index in [2.05, 4.69) is 4.90 Å². The predicted octanol–water partition coefficient (Wildman–Crippen LogP) is 2.38. The van der Waals surface area contributed by atoms with E-state index in [4.69, 9.17) is 16.3 Å². The molecule has 0 radical (unpaired) electrons. The molecule has 1 fully saturated rings. The number of carbonyl (C=O) groups excluding carboxylic acids is 1. The van der Waals surface area contributed by atoms with E-state index in [-0.39, 0.29) is 24.1 Å². The van der Waals surface area contributed by atoms with Gasteiger partial charge in [0.1, 0.15) is 0 Å². The summed E-state index contributed by atoms with van der Waals surface area (Å²) in [5.74, 6) is 0.108. The average Bonchev–Trinajstić information content (AvgIpc) is 2.44. The van der Waals surface area contributed by atoms with Crippen LogP contribution >= 0.6 is 11.6 Å². The third kappa shape index (κ3) is 4.78. The highest BCUT2D eigenvalue weighted by Gasteiger charge is 2.32. The molecule has 1 aromatic carbocycles. The maximum atomic E-state index is 12.2. The van der Waals surface area contributed by atoms with E-state index in [0.717, 1.165) is 6.54 Å². The van der Waals surface area contributed by atoms with Crippen molar-refractivity contribution in [2.75, 3.05) is 26.2 Å². The molecule has 0 spiro atoms. The molecule has 21 heavy (non-hydrogen) atoms. The number of ketones is 1. The molecule has 1 heterocycles. The Hall–Kier alpha value is -0.940. The topological polar surface area (TPSA) is 49.8 Å². The molecule has 0 saturated carbocycles. The molecule has 1 atom stereocenters. The Bertz CT molecular complexity index is 487. The number of rotatable bonds is 5. The number of aliphatic hydroxyl groups is 1. The van der Waals surface area contributed by atoms with E-state index >= 15 is 0 Å². The normalized spacial score (nSPS) is 22.2. The second-order valence-electron chi connectivity index (χ2n) is 6.10. The molecule has 2 rings (SSSR count). The van der Waals surface area contributed by atoms with E-state index in [9.17, 15) is 9.90 Å². The molecule has 116 valence electrons. The summed E-state index contributed by atoms with van der Waals surface area (Å²) in [6.45, 7) is 6.10. The molecular formula is C16H22ClNO3. The third-order valence-corrected chi connectivity index (χ3v) is 3.83. The summed E-state index contributed by atoms with van der Waals surface area (Å²) in [4.78, 5) is 14.3. The number of halogens is 1. The standard InChI is InChI=1S/C16H22ClNO3/c1-16(2)11-18(9-14(10-19)21-16)8-7-15(20)12-3-5-13(17)6-4-12/h3-6,14,19H,7-11H2,1-2H3. The number of hydrogen-bond donors (Lipinski definition) is 1. The number of benzene rings is 1. The van der Waals surface area contributed by atoms with Gasteiger partial charge in [0.05, 0.1) is 18.3 Å². The van der Waals surface area contributed by atoms with Gasteiger partial charge in [0.25, 0.3) is 0 Å². The van der Waals surface area contributed by atoms with Gasteiger partial charge in [-0.2, -0.15) is 0 Å². The maximum absolute atomic E-state index is 12.2. The Morgan fingerprint density at radius 1 is 1.43 bits per heavy atom. The minimum Gasteiger partial charge on any atom is -0.394 e. The van der Waals surface area contributed by atoms with E-state index < -0.39 is 0 Å². The molecule has 1 aromatic rings. The second-order valence-corrected chi connectivity index (χ2v) is 6.53. The SMILES string of the molecule is CC1(C)CN(CCC(=O)c2ccc(Cl)cc2)CC(CO)O1. The van der Waals surface area contributed by atoms with Crippen LogP contribution in [0.3, 0.4) is 0 Å². The summed E-state index contributed by atoms with van der Waals surface area (Å²) < 4.78 is 5.77. The van der Waals surface area contributed by atoms with Crippen molar-refractivity contribution in [3.05, 3.63) is 34.9 Å². The zero-order chi connectivity index (χ0) is 15.5. The number of aliphatic hydroxyl groups excluding tert-OH is 1. The highest BCUT2D eigenvalue weighted by Crippen LogP contribution is 2.21. The lowest BCUT2D eigenvalue weighted by Crippen LogP contribution is -2.54. The average molecular weight is 312 g/mol. The van der Waals surface area contributed by atoms with Gasteiger partial charge in [-0.15, -0.1) is 0 Å². The molecule has 0 bridgehead atoms. The quantitative estimate of drug-likeness (QED) is 0.848. The minimum atomic E-state index is -0.297. The first-order valence-electron chi connectivity index (χ1n) is 7.19. The fourth-order valence-corrected chi connectivity index (χ4v) is 2.85. The van der Waals surface area contributed by atoms with Crippen molar-refractivity contribution in [1.82, 2.24) is 4.90 Å². The van der Waals surface area contributed by atoms with E-state index in [1.807, 2.05) is 13.8 Å². The van der Waals surface area contributed by atoms with Crippen molar-refractivity contribution in [2.45, 2.75) is 32.0 Å². The van der Waals surface area contributed by atoms with Crippen LogP contribution in [0, 0.1) is 0 Å². The Kier molecular flexibility index (Phi) is 5.38. The molecule has 1 aliphatic heterocycles. The molecule has 5 heteroatoms. The van der Waals surface area contributed by atoms with Gasteiger partial charge in [0.2, 0.25) is 0 Å². The van der Waals surface area contributed by atoms with E-state index in [1.54, 1.807) is 24.3 Å². The van der Waals surface area contributed by atoms with Gasteiger partial charge in [-0.3, -0.25) is 9.69 Å². The molecular weight excluding hydrogens is 290 g/mol. The fourth-order valence-electron chi connectivity index (χ4n) is 2.72. The summed E-state index contributed by atoms with van der Waals surface area (Å²) in [7, 11) is 0. The minimum absolute atomic E-state index is 0.00502. The molecule has 1 unspecified atom stereocenters. The molecule has 1 aliphatic rings. The highest BCUT2D eigenvalue weighted by atomic mass is 35.5. The molecule has 4 nitrogen and oxygen atoms in total. The van der Waals surface area contributed by atoms with Gasteiger partial charge in [-0.25, -0.2) is 0 Å². The summed E-state index contributed by atoms with van der Waals surface area (Å²) in [6.07, 6.45) is 0.273. The van der Waals surface area contributed by atoms with Crippen molar-refractivity contribution in [3.63, 3.8) is 0 Å². The van der Waals surface area contributed by atoms with Gasteiger partial charge in [0, 0.05) is 36.6 Å². The number of Topliss-reactive ketones (excluding diaryl/α,β-unsaturated/α-hetero) is 1. The van der Waals surface area contributed by atoms with Gasteiger partial charge in [-0.1, -0.05) is 11.6 Å².